The molecule has 0 aliphatic carbocycles. The molecule has 0 radical (unpaired) electrons. The molecule has 1 aromatic heterocycles. The van der Waals surface area contributed by atoms with Gasteiger partial charge in [-0.05, 0) is 42.8 Å². The van der Waals surface area contributed by atoms with Crippen molar-refractivity contribution < 1.29 is 9.13 Å². The van der Waals surface area contributed by atoms with Gasteiger partial charge in [0.15, 0.2) is 0 Å². The first-order valence-electron chi connectivity index (χ1n) is 6.90. The fraction of sp³-hybridized carbons (Fsp3) is 0.312. The first-order chi connectivity index (χ1) is 10.2. The maximum atomic E-state index is 13.9. The molecule has 0 saturated heterocycles. The van der Waals surface area contributed by atoms with E-state index in [1.165, 1.54) is 6.20 Å². The van der Waals surface area contributed by atoms with Gasteiger partial charge in [0, 0.05) is 29.2 Å². The van der Waals surface area contributed by atoms with E-state index in [1.807, 2.05) is 19.2 Å². The summed E-state index contributed by atoms with van der Waals surface area (Å²) in [6.45, 7) is 0.677. The van der Waals surface area contributed by atoms with E-state index in [2.05, 4.69) is 10.3 Å². The fourth-order valence-electron chi connectivity index (χ4n) is 2.75. The molecular formula is C16H16ClFN2O. The SMILES string of the molecule is CNC(Cc1cc(Cl)cc2c1OCC2)c1ccncc1F. The molecule has 0 spiro atoms. The zero-order chi connectivity index (χ0) is 14.8. The Hall–Kier alpha value is -1.65. The largest absolute Gasteiger partial charge is 0.493 e. The van der Waals surface area contributed by atoms with Crippen LogP contribution in [0.4, 0.5) is 4.39 Å². The number of fused-ring (bicyclic) bond motifs is 1. The third-order valence-corrected chi connectivity index (χ3v) is 4.00. The minimum Gasteiger partial charge on any atom is -0.493 e. The van der Waals surface area contributed by atoms with Gasteiger partial charge < -0.3 is 10.1 Å². The van der Waals surface area contributed by atoms with Crippen molar-refractivity contribution in [2.24, 2.45) is 0 Å². The predicted molar refractivity (Wildman–Crippen MR) is 80.4 cm³/mol. The second kappa shape index (κ2) is 6.00. The van der Waals surface area contributed by atoms with Crippen LogP contribution in [-0.2, 0) is 12.8 Å². The van der Waals surface area contributed by atoms with E-state index < -0.39 is 0 Å². The fourth-order valence-corrected chi connectivity index (χ4v) is 3.02. The Labute approximate surface area is 128 Å². The first kappa shape index (κ1) is 14.3. The molecule has 21 heavy (non-hydrogen) atoms. The van der Waals surface area contributed by atoms with Crippen molar-refractivity contribution in [1.29, 1.82) is 0 Å². The van der Waals surface area contributed by atoms with E-state index in [0.717, 1.165) is 23.3 Å². The monoisotopic (exact) mass is 306 g/mol. The van der Waals surface area contributed by atoms with Crippen LogP contribution in [0.3, 0.4) is 0 Å². The number of rotatable bonds is 4. The number of benzene rings is 1. The molecule has 1 atom stereocenters. The van der Waals surface area contributed by atoms with Crippen LogP contribution in [0, 0.1) is 5.82 Å². The van der Waals surface area contributed by atoms with E-state index in [1.54, 1.807) is 12.3 Å². The number of hydrogen-bond acceptors (Lipinski definition) is 3. The van der Waals surface area contributed by atoms with E-state index >= 15 is 0 Å². The molecule has 0 fully saturated rings. The quantitative estimate of drug-likeness (QED) is 0.941. The van der Waals surface area contributed by atoms with Gasteiger partial charge in [0.2, 0.25) is 0 Å². The van der Waals surface area contributed by atoms with Crippen molar-refractivity contribution in [3.63, 3.8) is 0 Å². The van der Waals surface area contributed by atoms with Crippen LogP contribution in [0.15, 0.2) is 30.6 Å². The average Bonchev–Trinajstić information content (AvgIpc) is 2.93. The lowest BCUT2D eigenvalue weighted by molar-refractivity contribution is 0.351. The number of pyridine rings is 1. The molecule has 1 aromatic carbocycles. The van der Waals surface area contributed by atoms with Gasteiger partial charge >= 0.3 is 0 Å². The lowest BCUT2D eigenvalue weighted by Gasteiger charge is -2.19. The molecule has 3 nitrogen and oxygen atoms in total. The maximum Gasteiger partial charge on any atom is 0.146 e. The van der Waals surface area contributed by atoms with Gasteiger partial charge in [-0.25, -0.2) is 4.39 Å². The number of hydrogen-bond donors (Lipinski definition) is 1. The van der Waals surface area contributed by atoms with Gasteiger partial charge in [0.1, 0.15) is 11.6 Å². The lowest BCUT2D eigenvalue weighted by atomic mass is 9.97. The molecule has 110 valence electrons. The van der Waals surface area contributed by atoms with Crippen molar-refractivity contribution in [3.8, 4) is 5.75 Å². The van der Waals surface area contributed by atoms with Crippen LogP contribution >= 0.6 is 11.6 Å². The molecule has 1 N–H and O–H groups in total. The molecule has 1 aliphatic heterocycles. The van der Waals surface area contributed by atoms with Gasteiger partial charge in [-0.3, -0.25) is 4.98 Å². The summed E-state index contributed by atoms with van der Waals surface area (Å²) in [7, 11) is 1.82. The Balaban J connectivity index is 1.94. The Morgan fingerprint density at radius 3 is 3.10 bits per heavy atom. The van der Waals surface area contributed by atoms with Crippen LogP contribution in [0.2, 0.25) is 5.02 Å². The van der Waals surface area contributed by atoms with Crippen LogP contribution in [0.5, 0.6) is 5.75 Å². The number of nitrogens with zero attached hydrogens (tertiary/aromatic N) is 1. The molecular weight excluding hydrogens is 291 g/mol. The lowest BCUT2D eigenvalue weighted by Crippen LogP contribution is -2.20. The summed E-state index contributed by atoms with van der Waals surface area (Å²) in [6.07, 6.45) is 4.32. The zero-order valence-corrected chi connectivity index (χ0v) is 12.5. The van der Waals surface area contributed by atoms with Crippen molar-refractivity contribution in [3.05, 3.63) is 58.1 Å². The Morgan fingerprint density at radius 1 is 1.48 bits per heavy atom. The summed E-state index contributed by atoms with van der Waals surface area (Å²) >= 11 is 6.17. The minimum atomic E-state index is -0.309. The third-order valence-electron chi connectivity index (χ3n) is 3.78. The second-order valence-electron chi connectivity index (χ2n) is 5.09. The predicted octanol–water partition coefficient (Wildman–Crippen LogP) is 3.31. The van der Waals surface area contributed by atoms with E-state index in [9.17, 15) is 4.39 Å². The molecule has 0 bridgehead atoms. The average molecular weight is 307 g/mol. The number of nitrogens with one attached hydrogen (secondary N) is 1. The summed E-state index contributed by atoms with van der Waals surface area (Å²) in [5.74, 6) is 0.588. The molecule has 1 unspecified atom stereocenters. The van der Waals surface area contributed by atoms with Crippen molar-refractivity contribution in [2.45, 2.75) is 18.9 Å². The smallest absolute Gasteiger partial charge is 0.146 e. The standard InChI is InChI=1S/C16H16ClFN2O/c1-19-15(13-2-4-20-9-14(13)18)8-11-7-12(17)6-10-3-5-21-16(10)11/h2,4,6-7,9,15,19H,3,5,8H2,1H3. The van der Waals surface area contributed by atoms with Crippen LogP contribution in [-0.4, -0.2) is 18.6 Å². The summed E-state index contributed by atoms with van der Waals surface area (Å²) in [6, 6.07) is 5.38. The molecule has 3 rings (SSSR count). The highest BCUT2D eigenvalue weighted by Gasteiger charge is 2.21. The van der Waals surface area contributed by atoms with Gasteiger partial charge in [-0.15, -0.1) is 0 Å². The van der Waals surface area contributed by atoms with Gasteiger partial charge in [-0.2, -0.15) is 0 Å². The van der Waals surface area contributed by atoms with Crippen molar-refractivity contribution >= 4 is 11.6 Å². The van der Waals surface area contributed by atoms with Gasteiger partial charge in [-0.1, -0.05) is 11.6 Å². The Bertz CT molecular complexity index is 663. The zero-order valence-electron chi connectivity index (χ0n) is 11.7. The second-order valence-corrected chi connectivity index (χ2v) is 5.53. The van der Waals surface area contributed by atoms with Gasteiger partial charge in [0.05, 0.1) is 12.8 Å². The summed E-state index contributed by atoms with van der Waals surface area (Å²) in [4.78, 5) is 3.79. The topological polar surface area (TPSA) is 34.1 Å². The minimum absolute atomic E-state index is 0.153. The molecule has 2 aromatic rings. The molecule has 1 aliphatic rings. The summed E-state index contributed by atoms with van der Waals surface area (Å²) < 4.78 is 19.6. The molecule has 0 saturated carbocycles. The summed E-state index contributed by atoms with van der Waals surface area (Å²) in [5.41, 5.74) is 2.73. The van der Waals surface area contributed by atoms with Crippen LogP contribution in [0.1, 0.15) is 22.7 Å². The van der Waals surface area contributed by atoms with Crippen LogP contribution in [0.25, 0.3) is 0 Å². The third kappa shape index (κ3) is 2.87. The first-order valence-corrected chi connectivity index (χ1v) is 7.27. The number of aromatic nitrogens is 1. The van der Waals surface area contributed by atoms with E-state index in [4.69, 9.17) is 16.3 Å². The molecule has 2 heterocycles. The van der Waals surface area contributed by atoms with Crippen LogP contribution < -0.4 is 10.1 Å². The van der Waals surface area contributed by atoms with Gasteiger partial charge in [0.25, 0.3) is 0 Å². The highest BCUT2D eigenvalue weighted by molar-refractivity contribution is 6.30. The van der Waals surface area contributed by atoms with E-state index in [-0.39, 0.29) is 11.9 Å². The van der Waals surface area contributed by atoms with Crippen molar-refractivity contribution in [1.82, 2.24) is 10.3 Å². The molecule has 5 heteroatoms. The highest BCUT2D eigenvalue weighted by Crippen LogP contribution is 2.35. The number of ether oxygens (including phenoxy) is 1. The Morgan fingerprint density at radius 2 is 2.33 bits per heavy atom. The number of likely N-dealkylation sites (N-methyl/N-ethyl adjacent to an activating group) is 1. The number of halogens is 2. The molecule has 0 amide bonds. The van der Waals surface area contributed by atoms with Crippen molar-refractivity contribution in [2.75, 3.05) is 13.7 Å². The summed E-state index contributed by atoms with van der Waals surface area (Å²) in [5, 5.41) is 3.85. The van der Waals surface area contributed by atoms with E-state index in [0.29, 0.717) is 23.6 Å². The normalized spacial score (nSPS) is 14.6. The maximum absolute atomic E-state index is 13.9. The Kier molecular flexibility index (Phi) is 4.08. The highest BCUT2D eigenvalue weighted by atomic mass is 35.5.